The van der Waals surface area contributed by atoms with Gasteiger partial charge in [-0.15, -0.1) is 0 Å². The van der Waals surface area contributed by atoms with Crippen LogP contribution < -0.4 is 10.6 Å². The summed E-state index contributed by atoms with van der Waals surface area (Å²) >= 11 is 0. The first kappa shape index (κ1) is 22.1. The molecule has 1 fully saturated rings. The van der Waals surface area contributed by atoms with Gasteiger partial charge in [-0.25, -0.2) is 4.99 Å². The van der Waals surface area contributed by atoms with Gasteiger partial charge in [-0.2, -0.15) is 0 Å². The van der Waals surface area contributed by atoms with Crippen molar-refractivity contribution in [2.24, 2.45) is 22.6 Å². The second-order valence-corrected chi connectivity index (χ2v) is 9.48. The van der Waals surface area contributed by atoms with Crippen LogP contribution in [0.15, 0.2) is 59.6 Å². The molecule has 0 spiro atoms. The molecule has 0 radical (unpaired) electrons. The van der Waals surface area contributed by atoms with Gasteiger partial charge in [0.2, 0.25) is 11.8 Å². The van der Waals surface area contributed by atoms with Crippen molar-refractivity contribution in [1.29, 1.82) is 0 Å². The minimum Gasteiger partial charge on any atom is -0.369 e. The van der Waals surface area contributed by atoms with Gasteiger partial charge in [-0.05, 0) is 36.1 Å². The molecule has 2 aromatic rings. The molecule has 2 heterocycles. The topological polar surface area (TPSA) is 79.0 Å². The molecule has 168 valence electrons. The lowest BCUT2D eigenvalue weighted by Crippen LogP contribution is -2.56. The average molecular weight is 433 g/mol. The molecule has 3 atom stereocenters. The fraction of sp³-hybridized carbons (Fsp3) is 0.423. The number of carbonyl (C=O) groups excluding carboxylic acids is 2. The second-order valence-electron chi connectivity index (χ2n) is 9.48. The fourth-order valence-corrected chi connectivity index (χ4v) is 4.70. The predicted octanol–water partition coefficient (Wildman–Crippen LogP) is 3.91. The summed E-state index contributed by atoms with van der Waals surface area (Å²) in [5.41, 5.74) is 8.70. The lowest BCUT2D eigenvalue weighted by Gasteiger charge is -2.42. The molecule has 3 unspecified atom stereocenters. The van der Waals surface area contributed by atoms with Gasteiger partial charge in [0.15, 0.2) is 5.96 Å². The molecule has 2 aliphatic rings. The zero-order valence-electron chi connectivity index (χ0n) is 19.3. The van der Waals surface area contributed by atoms with E-state index in [1.165, 1.54) is 5.56 Å². The smallest absolute Gasteiger partial charge is 0.234 e. The standard InChI is InChI=1S/C26H32N4O2/c1-17(2)26(4)18(3)24(32)30(25(27)28-26)15-19-9-8-12-22(13-19)29-16-21(14-23(29)31)20-10-6-5-7-11-20/h5-13,17-18,21H,14-16H2,1-4H3,(H2,27,28). The molecule has 0 aliphatic carbocycles. The van der Waals surface area contributed by atoms with Crippen molar-refractivity contribution in [3.05, 3.63) is 65.7 Å². The summed E-state index contributed by atoms with van der Waals surface area (Å²) in [5, 5.41) is 0. The van der Waals surface area contributed by atoms with Gasteiger partial charge in [-0.1, -0.05) is 63.2 Å². The van der Waals surface area contributed by atoms with E-state index in [1.54, 1.807) is 4.90 Å². The number of aliphatic imine (C=N–C) groups is 1. The van der Waals surface area contributed by atoms with E-state index in [1.807, 2.05) is 61.2 Å². The van der Waals surface area contributed by atoms with Crippen LogP contribution in [0.2, 0.25) is 0 Å². The van der Waals surface area contributed by atoms with E-state index in [2.05, 4.69) is 26.0 Å². The zero-order valence-corrected chi connectivity index (χ0v) is 19.3. The van der Waals surface area contributed by atoms with Gasteiger partial charge in [0.25, 0.3) is 0 Å². The highest BCUT2D eigenvalue weighted by Gasteiger charge is 2.45. The summed E-state index contributed by atoms with van der Waals surface area (Å²) in [6, 6.07) is 18.0. The Hall–Kier alpha value is -3.15. The molecule has 2 N–H and O–H groups in total. The molecule has 2 aliphatic heterocycles. The molecular weight excluding hydrogens is 400 g/mol. The molecule has 32 heavy (non-hydrogen) atoms. The number of nitrogens with zero attached hydrogens (tertiary/aromatic N) is 3. The van der Waals surface area contributed by atoms with Crippen LogP contribution >= 0.6 is 0 Å². The maximum absolute atomic E-state index is 13.2. The highest BCUT2D eigenvalue weighted by molar-refractivity contribution is 6.00. The second kappa shape index (κ2) is 8.41. The molecule has 0 aromatic heterocycles. The average Bonchev–Trinajstić information content (AvgIpc) is 3.17. The molecule has 0 saturated carbocycles. The minimum atomic E-state index is -0.506. The first-order valence-corrected chi connectivity index (χ1v) is 11.3. The normalized spacial score (nSPS) is 26.1. The van der Waals surface area contributed by atoms with Crippen molar-refractivity contribution in [3.8, 4) is 0 Å². The summed E-state index contributed by atoms with van der Waals surface area (Å²) in [6.07, 6.45) is 0.504. The number of hydrogen-bond donors (Lipinski definition) is 1. The van der Waals surface area contributed by atoms with Gasteiger partial charge in [0.05, 0.1) is 18.0 Å². The Morgan fingerprint density at radius 2 is 1.84 bits per heavy atom. The Balaban J connectivity index is 1.54. The van der Waals surface area contributed by atoms with Gasteiger partial charge in [0.1, 0.15) is 0 Å². The Bertz CT molecular complexity index is 1050. The number of amides is 2. The van der Waals surface area contributed by atoms with Gasteiger partial charge < -0.3 is 10.6 Å². The van der Waals surface area contributed by atoms with Crippen molar-refractivity contribution in [3.63, 3.8) is 0 Å². The summed E-state index contributed by atoms with van der Waals surface area (Å²) in [7, 11) is 0. The van der Waals surface area contributed by atoms with E-state index >= 15 is 0 Å². The molecule has 6 heteroatoms. The first-order chi connectivity index (χ1) is 15.2. The zero-order chi connectivity index (χ0) is 23.0. The van der Waals surface area contributed by atoms with Crippen LogP contribution in [-0.2, 0) is 16.1 Å². The molecule has 4 rings (SSSR count). The van der Waals surface area contributed by atoms with E-state index < -0.39 is 5.54 Å². The highest BCUT2D eigenvalue weighted by Crippen LogP contribution is 2.36. The maximum Gasteiger partial charge on any atom is 0.234 e. The third-order valence-electron chi connectivity index (χ3n) is 7.27. The third-order valence-corrected chi connectivity index (χ3v) is 7.27. The molecular formula is C26H32N4O2. The molecule has 2 amide bonds. The first-order valence-electron chi connectivity index (χ1n) is 11.3. The number of anilines is 1. The maximum atomic E-state index is 13.2. The fourth-order valence-electron chi connectivity index (χ4n) is 4.70. The Labute approximate surface area is 190 Å². The largest absolute Gasteiger partial charge is 0.369 e. The van der Waals surface area contributed by atoms with Crippen LogP contribution in [-0.4, -0.2) is 34.8 Å². The summed E-state index contributed by atoms with van der Waals surface area (Å²) < 4.78 is 0. The Morgan fingerprint density at radius 1 is 1.12 bits per heavy atom. The van der Waals surface area contributed by atoms with Crippen molar-refractivity contribution in [2.45, 2.75) is 52.1 Å². The molecule has 6 nitrogen and oxygen atoms in total. The number of rotatable bonds is 5. The summed E-state index contributed by atoms with van der Waals surface area (Å²) in [4.78, 5) is 34.0. The monoisotopic (exact) mass is 432 g/mol. The lowest BCUT2D eigenvalue weighted by atomic mass is 9.76. The van der Waals surface area contributed by atoms with Crippen LogP contribution in [0, 0.1) is 11.8 Å². The van der Waals surface area contributed by atoms with E-state index in [0.717, 1.165) is 11.3 Å². The van der Waals surface area contributed by atoms with Crippen molar-refractivity contribution in [1.82, 2.24) is 4.90 Å². The van der Waals surface area contributed by atoms with Gasteiger partial charge in [-0.3, -0.25) is 14.5 Å². The molecule has 1 saturated heterocycles. The van der Waals surface area contributed by atoms with Gasteiger partial charge >= 0.3 is 0 Å². The van der Waals surface area contributed by atoms with Crippen molar-refractivity contribution in [2.75, 3.05) is 11.4 Å². The molecule has 2 aromatic carbocycles. The van der Waals surface area contributed by atoms with Crippen LogP contribution in [0.4, 0.5) is 5.69 Å². The number of guanidine groups is 1. The van der Waals surface area contributed by atoms with Gasteiger partial charge in [0, 0.05) is 24.6 Å². The number of benzene rings is 2. The Morgan fingerprint density at radius 3 is 2.53 bits per heavy atom. The van der Waals surface area contributed by atoms with E-state index in [-0.39, 0.29) is 35.5 Å². The summed E-state index contributed by atoms with van der Waals surface area (Å²) in [6.45, 7) is 9.04. The van der Waals surface area contributed by atoms with Crippen molar-refractivity contribution >= 4 is 23.5 Å². The van der Waals surface area contributed by atoms with E-state index in [4.69, 9.17) is 10.7 Å². The highest BCUT2D eigenvalue weighted by atomic mass is 16.2. The minimum absolute atomic E-state index is 0.0134. The number of carbonyl (C=O) groups is 2. The number of nitrogens with two attached hydrogens (primary N) is 1. The molecule has 0 bridgehead atoms. The van der Waals surface area contributed by atoms with Crippen LogP contribution in [0.25, 0.3) is 0 Å². The quantitative estimate of drug-likeness (QED) is 0.778. The van der Waals surface area contributed by atoms with Crippen LogP contribution in [0.1, 0.15) is 51.2 Å². The predicted molar refractivity (Wildman–Crippen MR) is 127 cm³/mol. The SMILES string of the molecule is CC(C)C1(C)N=C(N)N(Cc2cccc(N3CC(c4ccccc4)CC3=O)c2)C(=O)C1C. The van der Waals surface area contributed by atoms with Crippen LogP contribution in [0.3, 0.4) is 0 Å². The number of hydrogen-bond acceptors (Lipinski definition) is 4. The third kappa shape index (κ3) is 3.90. The van der Waals surface area contributed by atoms with E-state index in [0.29, 0.717) is 19.5 Å². The van der Waals surface area contributed by atoms with Crippen molar-refractivity contribution < 1.29 is 9.59 Å². The van der Waals surface area contributed by atoms with Crippen LogP contribution in [0.5, 0.6) is 0 Å². The Kier molecular flexibility index (Phi) is 5.80. The van der Waals surface area contributed by atoms with E-state index in [9.17, 15) is 9.59 Å². The lowest BCUT2D eigenvalue weighted by molar-refractivity contribution is -0.135. The summed E-state index contributed by atoms with van der Waals surface area (Å²) in [5.74, 6) is 0.492.